The number of carbonyl (C=O) groups is 1. The second kappa shape index (κ2) is 9.59. The molecule has 0 aliphatic heterocycles. The Morgan fingerprint density at radius 2 is 1.79 bits per heavy atom. The number of methoxy groups -OCH3 is 1. The smallest absolute Gasteiger partial charge is 0.243 e. The van der Waals surface area contributed by atoms with E-state index in [4.69, 9.17) is 4.74 Å². The standard InChI is InChI=1S/C21H28N2O4S/c1-16(13-14-18-9-6-5-7-10-18)22-21(24)17(2)23(28(4,25)26)19-11-8-12-20(15-19)27-3/h5-12,15-17H,13-14H2,1-4H3,(H,22,24)/t16-,17+/m1/s1. The van der Waals surface area contributed by atoms with Crippen molar-refractivity contribution in [3.63, 3.8) is 0 Å². The Bertz CT molecular complexity index is 884. The second-order valence-corrected chi connectivity index (χ2v) is 8.73. The first-order valence-electron chi connectivity index (χ1n) is 9.20. The number of rotatable bonds is 9. The summed E-state index contributed by atoms with van der Waals surface area (Å²) in [5, 5.41) is 2.92. The van der Waals surface area contributed by atoms with Gasteiger partial charge in [-0.15, -0.1) is 0 Å². The predicted octanol–water partition coefficient (Wildman–Crippen LogP) is 2.99. The van der Waals surface area contributed by atoms with Crippen LogP contribution in [-0.4, -0.2) is 39.8 Å². The zero-order chi connectivity index (χ0) is 20.7. The van der Waals surface area contributed by atoms with E-state index in [0.29, 0.717) is 11.4 Å². The van der Waals surface area contributed by atoms with Crippen molar-refractivity contribution in [2.75, 3.05) is 17.7 Å². The summed E-state index contributed by atoms with van der Waals surface area (Å²) in [6, 6.07) is 15.7. The molecule has 0 radical (unpaired) electrons. The SMILES string of the molecule is COc1cccc(N([C@@H](C)C(=O)N[C@H](C)CCc2ccccc2)S(C)(=O)=O)c1. The van der Waals surface area contributed by atoms with E-state index in [9.17, 15) is 13.2 Å². The molecule has 152 valence electrons. The summed E-state index contributed by atoms with van der Waals surface area (Å²) in [5.41, 5.74) is 1.59. The third-order valence-electron chi connectivity index (χ3n) is 4.49. The molecule has 0 unspecified atom stereocenters. The second-order valence-electron chi connectivity index (χ2n) is 6.87. The molecule has 2 rings (SSSR count). The molecule has 0 aromatic heterocycles. The van der Waals surface area contributed by atoms with Crippen molar-refractivity contribution in [3.8, 4) is 5.75 Å². The molecule has 0 bridgehead atoms. The van der Waals surface area contributed by atoms with Crippen LogP contribution in [0.15, 0.2) is 54.6 Å². The number of carbonyl (C=O) groups excluding carboxylic acids is 1. The van der Waals surface area contributed by atoms with E-state index in [0.717, 1.165) is 23.4 Å². The lowest BCUT2D eigenvalue weighted by Crippen LogP contribution is -2.50. The zero-order valence-corrected chi connectivity index (χ0v) is 17.6. The van der Waals surface area contributed by atoms with Gasteiger partial charge in [0.2, 0.25) is 15.9 Å². The molecule has 2 atom stereocenters. The van der Waals surface area contributed by atoms with E-state index < -0.39 is 16.1 Å². The van der Waals surface area contributed by atoms with Gasteiger partial charge in [-0.1, -0.05) is 36.4 Å². The highest BCUT2D eigenvalue weighted by molar-refractivity contribution is 7.92. The molecule has 28 heavy (non-hydrogen) atoms. The third kappa shape index (κ3) is 5.99. The minimum atomic E-state index is -3.66. The summed E-state index contributed by atoms with van der Waals surface area (Å²) in [5.74, 6) is 0.184. The van der Waals surface area contributed by atoms with Crippen LogP contribution in [0.2, 0.25) is 0 Å². The van der Waals surface area contributed by atoms with Crippen molar-refractivity contribution in [2.24, 2.45) is 0 Å². The Kier molecular flexibility index (Phi) is 7.45. The van der Waals surface area contributed by atoms with Crippen molar-refractivity contribution in [2.45, 2.75) is 38.8 Å². The van der Waals surface area contributed by atoms with Crippen LogP contribution >= 0.6 is 0 Å². The maximum Gasteiger partial charge on any atom is 0.243 e. The van der Waals surface area contributed by atoms with Crippen LogP contribution in [0.4, 0.5) is 5.69 Å². The van der Waals surface area contributed by atoms with Crippen LogP contribution in [0.3, 0.4) is 0 Å². The molecule has 0 aliphatic carbocycles. The summed E-state index contributed by atoms with van der Waals surface area (Å²) in [6.45, 7) is 3.50. The van der Waals surface area contributed by atoms with E-state index in [1.165, 1.54) is 12.7 Å². The molecule has 6 nitrogen and oxygen atoms in total. The van der Waals surface area contributed by atoms with E-state index in [-0.39, 0.29) is 11.9 Å². The first kappa shape index (κ1) is 21.8. The van der Waals surface area contributed by atoms with Gasteiger partial charge in [0.1, 0.15) is 11.8 Å². The number of anilines is 1. The highest BCUT2D eigenvalue weighted by Gasteiger charge is 2.29. The fourth-order valence-electron chi connectivity index (χ4n) is 3.02. The van der Waals surface area contributed by atoms with E-state index in [1.807, 2.05) is 37.3 Å². The van der Waals surface area contributed by atoms with E-state index in [1.54, 1.807) is 31.2 Å². The maximum atomic E-state index is 12.7. The number of aryl methyl sites for hydroxylation is 1. The minimum Gasteiger partial charge on any atom is -0.497 e. The lowest BCUT2D eigenvalue weighted by molar-refractivity contribution is -0.122. The van der Waals surface area contributed by atoms with Crippen LogP contribution in [0.5, 0.6) is 5.75 Å². The predicted molar refractivity (Wildman–Crippen MR) is 112 cm³/mol. The average molecular weight is 405 g/mol. The molecule has 1 amide bonds. The van der Waals surface area contributed by atoms with Gasteiger partial charge in [-0.25, -0.2) is 8.42 Å². The van der Waals surface area contributed by atoms with Gasteiger partial charge in [0, 0.05) is 12.1 Å². The maximum absolute atomic E-state index is 12.7. The van der Waals surface area contributed by atoms with Crippen LogP contribution in [0.1, 0.15) is 25.8 Å². The number of nitrogens with zero attached hydrogens (tertiary/aromatic N) is 1. The Labute approximate surface area is 167 Å². The Morgan fingerprint density at radius 1 is 1.11 bits per heavy atom. The summed E-state index contributed by atoms with van der Waals surface area (Å²) in [7, 11) is -2.15. The number of ether oxygens (including phenoxy) is 1. The number of benzene rings is 2. The molecule has 2 aromatic carbocycles. The quantitative estimate of drug-likeness (QED) is 0.697. The molecule has 1 N–H and O–H groups in total. The Morgan fingerprint density at radius 3 is 2.39 bits per heavy atom. The highest BCUT2D eigenvalue weighted by atomic mass is 32.2. The number of sulfonamides is 1. The van der Waals surface area contributed by atoms with Gasteiger partial charge in [0.05, 0.1) is 19.1 Å². The monoisotopic (exact) mass is 404 g/mol. The van der Waals surface area contributed by atoms with Crippen LogP contribution in [-0.2, 0) is 21.2 Å². The van der Waals surface area contributed by atoms with E-state index >= 15 is 0 Å². The van der Waals surface area contributed by atoms with Crippen molar-refractivity contribution in [3.05, 3.63) is 60.2 Å². The number of hydrogen-bond acceptors (Lipinski definition) is 4. The first-order valence-corrected chi connectivity index (χ1v) is 11.0. The fourth-order valence-corrected chi connectivity index (χ4v) is 4.19. The van der Waals surface area contributed by atoms with Gasteiger partial charge < -0.3 is 10.1 Å². The van der Waals surface area contributed by atoms with Crippen molar-refractivity contribution in [1.29, 1.82) is 0 Å². The van der Waals surface area contributed by atoms with Gasteiger partial charge in [-0.3, -0.25) is 9.10 Å². The summed E-state index contributed by atoms with van der Waals surface area (Å²) < 4.78 is 31.1. The average Bonchev–Trinajstić information content (AvgIpc) is 2.66. The van der Waals surface area contributed by atoms with E-state index in [2.05, 4.69) is 5.32 Å². The number of amides is 1. The fraction of sp³-hybridized carbons (Fsp3) is 0.381. The minimum absolute atomic E-state index is 0.0816. The third-order valence-corrected chi connectivity index (χ3v) is 5.74. The Balaban J connectivity index is 2.08. The van der Waals surface area contributed by atoms with Gasteiger partial charge >= 0.3 is 0 Å². The molecular formula is C21H28N2O4S. The highest BCUT2D eigenvalue weighted by Crippen LogP contribution is 2.25. The largest absolute Gasteiger partial charge is 0.497 e. The van der Waals surface area contributed by atoms with Crippen LogP contribution in [0, 0.1) is 0 Å². The van der Waals surface area contributed by atoms with Crippen molar-refractivity contribution in [1.82, 2.24) is 5.32 Å². The molecular weight excluding hydrogens is 376 g/mol. The molecule has 0 aliphatic rings. The molecule has 2 aromatic rings. The van der Waals surface area contributed by atoms with Gasteiger partial charge in [-0.2, -0.15) is 0 Å². The van der Waals surface area contributed by atoms with Crippen LogP contribution < -0.4 is 14.4 Å². The lowest BCUT2D eigenvalue weighted by atomic mass is 10.1. The summed E-state index contributed by atoms with van der Waals surface area (Å²) in [4.78, 5) is 12.7. The van der Waals surface area contributed by atoms with Gasteiger partial charge in [0.25, 0.3) is 0 Å². The zero-order valence-electron chi connectivity index (χ0n) is 16.8. The molecule has 0 fully saturated rings. The lowest BCUT2D eigenvalue weighted by Gasteiger charge is -2.29. The normalized spacial score (nSPS) is 13.4. The van der Waals surface area contributed by atoms with Crippen molar-refractivity contribution >= 4 is 21.6 Å². The topological polar surface area (TPSA) is 75.7 Å². The molecule has 7 heteroatoms. The first-order chi connectivity index (χ1) is 13.2. The molecule has 0 saturated carbocycles. The van der Waals surface area contributed by atoms with Crippen LogP contribution in [0.25, 0.3) is 0 Å². The number of nitrogens with one attached hydrogen (secondary N) is 1. The molecule has 0 spiro atoms. The molecule has 0 saturated heterocycles. The molecule has 0 heterocycles. The van der Waals surface area contributed by atoms with Gasteiger partial charge in [-0.05, 0) is 44.4 Å². The summed E-state index contributed by atoms with van der Waals surface area (Å²) in [6.07, 6.45) is 2.69. The van der Waals surface area contributed by atoms with Crippen molar-refractivity contribution < 1.29 is 17.9 Å². The Hall–Kier alpha value is -2.54. The van der Waals surface area contributed by atoms with Gasteiger partial charge in [0.15, 0.2) is 0 Å². The number of hydrogen-bond donors (Lipinski definition) is 1. The summed E-state index contributed by atoms with van der Waals surface area (Å²) >= 11 is 0.